The lowest BCUT2D eigenvalue weighted by Gasteiger charge is -2.23. The molecule has 2 aromatic rings. The zero-order valence-electron chi connectivity index (χ0n) is 12.1. The van der Waals surface area contributed by atoms with E-state index in [0.717, 1.165) is 16.9 Å². The number of hydrogen-bond acceptors (Lipinski definition) is 5. The molecular formula is C16H19N5. The maximum atomic E-state index is 8.84. The predicted octanol–water partition coefficient (Wildman–Crippen LogP) is 2.42. The van der Waals surface area contributed by atoms with Gasteiger partial charge in [-0.05, 0) is 36.2 Å². The van der Waals surface area contributed by atoms with Gasteiger partial charge in [0, 0.05) is 37.7 Å². The summed E-state index contributed by atoms with van der Waals surface area (Å²) in [6.07, 6.45) is 5.79. The number of nitrogens with zero attached hydrogens (tertiary/aromatic N) is 4. The summed E-state index contributed by atoms with van der Waals surface area (Å²) in [5, 5.41) is 8.84. The van der Waals surface area contributed by atoms with E-state index in [1.54, 1.807) is 12.4 Å². The van der Waals surface area contributed by atoms with Crippen molar-refractivity contribution in [2.24, 2.45) is 5.73 Å². The standard InChI is InChI=1S/C16H19N5/c1-13(18)15-5-8-20-16(10-15)21(9-3-6-17)12-14-4-2-7-19-11-14/h2,4-5,7-8,10-11,13H,3,9,12,18H2,1H3. The van der Waals surface area contributed by atoms with Gasteiger partial charge in [-0.25, -0.2) is 4.98 Å². The van der Waals surface area contributed by atoms with Gasteiger partial charge in [-0.2, -0.15) is 5.26 Å². The van der Waals surface area contributed by atoms with Crippen molar-refractivity contribution in [2.45, 2.75) is 25.9 Å². The molecule has 5 heteroatoms. The molecule has 0 saturated heterocycles. The highest BCUT2D eigenvalue weighted by molar-refractivity contribution is 5.42. The van der Waals surface area contributed by atoms with E-state index < -0.39 is 0 Å². The highest BCUT2D eigenvalue weighted by Crippen LogP contribution is 2.19. The summed E-state index contributed by atoms with van der Waals surface area (Å²) in [4.78, 5) is 10.6. The highest BCUT2D eigenvalue weighted by atomic mass is 15.2. The Morgan fingerprint density at radius 3 is 2.90 bits per heavy atom. The molecule has 0 aromatic carbocycles. The van der Waals surface area contributed by atoms with Crippen molar-refractivity contribution in [1.82, 2.24) is 9.97 Å². The van der Waals surface area contributed by atoms with E-state index >= 15 is 0 Å². The van der Waals surface area contributed by atoms with E-state index in [4.69, 9.17) is 11.0 Å². The third-order valence-electron chi connectivity index (χ3n) is 3.21. The molecule has 0 aliphatic carbocycles. The van der Waals surface area contributed by atoms with Crippen LogP contribution in [-0.2, 0) is 6.54 Å². The van der Waals surface area contributed by atoms with Gasteiger partial charge in [-0.1, -0.05) is 6.07 Å². The topological polar surface area (TPSA) is 78.8 Å². The number of rotatable bonds is 6. The van der Waals surface area contributed by atoms with Gasteiger partial charge in [-0.3, -0.25) is 4.98 Å². The minimum atomic E-state index is -0.0389. The number of pyridine rings is 2. The molecule has 0 spiro atoms. The van der Waals surface area contributed by atoms with Crippen LogP contribution in [0, 0.1) is 11.3 Å². The Morgan fingerprint density at radius 1 is 1.38 bits per heavy atom. The molecule has 21 heavy (non-hydrogen) atoms. The lowest BCUT2D eigenvalue weighted by atomic mass is 10.1. The Kier molecular flexibility index (Phi) is 5.24. The molecule has 0 bridgehead atoms. The van der Waals surface area contributed by atoms with Crippen LogP contribution in [0.15, 0.2) is 42.9 Å². The monoisotopic (exact) mass is 281 g/mol. The number of aromatic nitrogens is 2. The van der Waals surface area contributed by atoms with E-state index in [0.29, 0.717) is 19.5 Å². The molecule has 108 valence electrons. The first-order valence-corrected chi connectivity index (χ1v) is 6.93. The number of anilines is 1. The molecule has 0 radical (unpaired) electrons. The normalized spacial score (nSPS) is 11.7. The Hall–Kier alpha value is -2.45. The number of hydrogen-bond donors (Lipinski definition) is 1. The van der Waals surface area contributed by atoms with Crippen molar-refractivity contribution in [3.05, 3.63) is 54.0 Å². The second kappa shape index (κ2) is 7.36. The summed E-state index contributed by atoms with van der Waals surface area (Å²) in [6.45, 7) is 3.24. The highest BCUT2D eigenvalue weighted by Gasteiger charge is 2.10. The second-order valence-electron chi connectivity index (χ2n) is 4.93. The van der Waals surface area contributed by atoms with Crippen molar-refractivity contribution in [3.63, 3.8) is 0 Å². The zero-order valence-corrected chi connectivity index (χ0v) is 12.1. The van der Waals surface area contributed by atoms with Gasteiger partial charge in [0.15, 0.2) is 0 Å². The first-order chi connectivity index (χ1) is 10.2. The number of nitriles is 1. The van der Waals surface area contributed by atoms with E-state index in [-0.39, 0.29) is 6.04 Å². The van der Waals surface area contributed by atoms with Gasteiger partial charge in [0.25, 0.3) is 0 Å². The van der Waals surface area contributed by atoms with E-state index in [1.807, 2.05) is 37.4 Å². The molecule has 0 aliphatic rings. The van der Waals surface area contributed by atoms with Crippen LogP contribution in [0.2, 0.25) is 0 Å². The molecule has 0 aliphatic heterocycles. The van der Waals surface area contributed by atoms with Crippen LogP contribution in [0.25, 0.3) is 0 Å². The minimum absolute atomic E-state index is 0.0389. The number of nitrogens with two attached hydrogens (primary N) is 1. The van der Waals surface area contributed by atoms with Gasteiger partial charge in [0.1, 0.15) is 5.82 Å². The summed E-state index contributed by atoms with van der Waals surface area (Å²) >= 11 is 0. The molecule has 2 N–H and O–H groups in total. The van der Waals surface area contributed by atoms with Gasteiger partial charge in [0.2, 0.25) is 0 Å². The van der Waals surface area contributed by atoms with E-state index in [2.05, 4.69) is 20.9 Å². The maximum absolute atomic E-state index is 8.84. The van der Waals surface area contributed by atoms with Crippen LogP contribution in [-0.4, -0.2) is 16.5 Å². The third kappa shape index (κ3) is 4.26. The molecule has 5 nitrogen and oxygen atoms in total. The largest absolute Gasteiger partial charge is 0.351 e. The fourth-order valence-corrected chi connectivity index (χ4v) is 2.06. The van der Waals surface area contributed by atoms with Gasteiger partial charge in [-0.15, -0.1) is 0 Å². The minimum Gasteiger partial charge on any atom is -0.351 e. The van der Waals surface area contributed by atoms with Gasteiger partial charge < -0.3 is 10.6 Å². The SMILES string of the molecule is CC(N)c1ccnc(N(CCC#N)Cc2cccnc2)c1. The lowest BCUT2D eigenvalue weighted by molar-refractivity contribution is 0.769. The summed E-state index contributed by atoms with van der Waals surface area (Å²) < 4.78 is 0. The van der Waals surface area contributed by atoms with Crippen molar-refractivity contribution in [3.8, 4) is 6.07 Å². The first-order valence-electron chi connectivity index (χ1n) is 6.93. The van der Waals surface area contributed by atoms with Crippen molar-refractivity contribution < 1.29 is 0 Å². The summed E-state index contributed by atoms with van der Waals surface area (Å²) in [5.41, 5.74) is 8.05. The van der Waals surface area contributed by atoms with Crippen LogP contribution in [0.1, 0.15) is 30.5 Å². The molecule has 2 rings (SSSR count). The summed E-state index contributed by atoms with van der Waals surface area (Å²) in [7, 11) is 0. The first kappa shape index (κ1) is 14.9. The predicted molar refractivity (Wildman–Crippen MR) is 82.4 cm³/mol. The fourth-order valence-electron chi connectivity index (χ4n) is 2.06. The van der Waals surface area contributed by atoms with Crippen molar-refractivity contribution in [2.75, 3.05) is 11.4 Å². The Morgan fingerprint density at radius 2 is 2.24 bits per heavy atom. The molecule has 2 heterocycles. The van der Waals surface area contributed by atoms with Crippen molar-refractivity contribution in [1.29, 1.82) is 5.26 Å². The van der Waals surface area contributed by atoms with Gasteiger partial charge in [0.05, 0.1) is 12.5 Å². The second-order valence-corrected chi connectivity index (χ2v) is 4.93. The summed E-state index contributed by atoms with van der Waals surface area (Å²) in [6, 6.07) is 9.97. The fraction of sp³-hybridized carbons (Fsp3) is 0.312. The third-order valence-corrected chi connectivity index (χ3v) is 3.21. The van der Waals surface area contributed by atoms with E-state index in [1.165, 1.54) is 0 Å². The molecule has 0 amide bonds. The lowest BCUT2D eigenvalue weighted by Crippen LogP contribution is -2.25. The molecule has 0 fully saturated rings. The Bertz CT molecular complexity index is 604. The maximum Gasteiger partial charge on any atom is 0.129 e. The van der Waals surface area contributed by atoms with Crippen LogP contribution < -0.4 is 10.6 Å². The van der Waals surface area contributed by atoms with E-state index in [9.17, 15) is 0 Å². The Balaban J connectivity index is 2.23. The zero-order chi connectivity index (χ0) is 15.1. The summed E-state index contributed by atoms with van der Waals surface area (Å²) in [5.74, 6) is 0.837. The van der Waals surface area contributed by atoms with Crippen LogP contribution in [0.4, 0.5) is 5.82 Å². The van der Waals surface area contributed by atoms with Crippen molar-refractivity contribution >= 4 is 5.82 Å². The van der Waals surface area contributed by atoms with Gasteiger partial charge >= 0.3 is 0 Å². The molecule has 1 atom stereocenters. The van der Waals surface area contributed by atoms with Crippen LogP contribution >= 0.6 is 0 Å². The smallest absolute Gasteiger partial charge is 0.129 e. The molecule has 1 unspecified atom stereocenters. The molecular weight excluding hydrogens is 262 g/mol. The Labute approximate surface area is 125 Å². The molecule has 2 aromatic heterocycles. The average Bonchev–Trinajstić information content (AvgIpc) is 2.52. The molecule has 0 saturated carbocycles. The average molecular weight is 281 g/mol. The quantitative estimate of drug-likeness (QED) is 0.879. The van der Waals surface area contributed by atoms with Crippen LogP contribution in [0.3, 0.4) is 0 Å². The van der Waals surface area contributed by atoms with Crippen LogP contribution in [0.5, 0.6) is 0 Å².